The molecule has 0 fully saturated rings. The van der Waals surface area contributed by atoms with Gasteiger partial charge in [0.05, 0.1) is 30.2 Å². The molecule has 0 radical (unpaired) electrons. The number of aliphatic carboxylic acids is 1. The van der Waals surface area contributed by atoms with E-state index >= 15 is 0 Å². The molecule has 1 atom stereocenters. The van der Waals surface area contributed by atoms with Crippen molar-refractivity contribution in [2.45, 2.75) is 65.1 Å². The summed E-state index contributed by atoms with van der Waals surface area (Å²) >= 11 is 0. The largest absolute Gasteiger partial charge is 0.493 e. The number of aromatic nitrogens is 3. The number of carboxylic acid groups (broad SMARTS) is 1. The molecule has 0 aliphatic carbocycles. The number of fused-ring (bicyclic) bond motifs is 3. The maximum absolute atomic E-state index is 12.6. The van der Waals surface area contributed by atoms with E-state index in [2.05, 4.69) is 12.1 Å². The Morgan fingerprint density at radius 2 is 1.59 bits per heavy atom. The molecule has 4 aromatic rings. The quantitative estimate of drug-likeness (QED) is 0.342. The fourth-order valence-electron chi connectivity index (χ4n) is 5.48. The molecule has 1 unspecified atom stereocenters. The Morgan fingerprint density at radius 1 is 0.974 bits per heavy atom. The maximum atomic E-state index is 12.6. The summed E-state index contributed by atoms with van der Waals surface area (Å²) < 4.78 is 19.5. The van der Waals surface area contributed by atoms with Gasteiger partial charge in [-0.05, 0) is 101 Å². The lowest BCUT2D eigenvalue weighted by atomic mass is 9.96. The Labute approximate surface area is 227 Å². The predicted octanol–water partition coefficient (Wildman–Crippen LogP) is 5.96. The highest BCUT2D eigenvalue weighted by atomic mass is 16.5. The normalized spacial score (nSPS) is 15.7. The summed E-state index contributed by atoms with van der Waals surface area (Å²) in [6.07, 6.45) is 2.56. The van der Waals surface area contributed by atoms with Crippen molar-refractivity contribution in [3.63, 3.8) is 0 Å². The summed E-state index contributed by atoms with van der Waals surface area (Å²) in [7, 11) is 0. The van der Waals surface area contributed by atoms with E-state index in [-0.39, 0.29) is 0 Å². The van der Waals surface area contributed by atoms with Gasteiger partial charge in [0, 0.05) is 28.5 Å². The smallest absolute Gasteiger partial charge is 0.337 e. The van der Waals surface area contributed by atoms with Gasteiger partial charge in [0.15, 0.2) is 11.8 Å². The highest BCUT2D eigenvalue weighted by Gasteiger charge is 2.33. The lowest BCUT2D eigenvalue weighted by molar-refractivity contribution is -0.160. The Kier molecular flexibility index (Phi) is 6.30. The van der Waals surface area contributed by atoms with Crippen molar-refractivity contribution < 1.29 is 24.1 Å². The van der Waals surface area contributed by atoms with Gasteiger partial charge in [-0.2, -0.15) is 5.10 Å². The van der Waals surface area contributed by atoms with Gasteiger partial charge < -0.3 is 19.3 Å². The number of benzene rings is 2. The van der Waals surface area contributed by atoms with E-state index in [1.54, 1.807) is 4.52 Å². The minimum atomic E-state index is -1.22. The molecule has 0 saturated carbocycles. The monoisotopic (exact) mass is 527 g/mol. The molecule has 6 rings (SSSR count). The molecule has 0 bridgehead atoms. The van der Waals surface area contributed by atoms with Gasteiger partial charge >= 0.3 is 5.97 Å². The molecule has 2 aromatic heterocycles. The Hall–Kier alpha value is -3.91. The highest BCUT2D eigenvalue weighted by Crippen LogP contribution is 2.39. The second-order valence-corrected chi connectivity index (χ2v) is 11.3. The Balaban J connectivity index is 1.58. The van der Waals surface area contributed by atoms with Gasteiger partial charge in [0.2, 0.25) is 0 Å². The molecule has 8 heteroatoms. The van der Waals surface area contributed by atoms with Crippen molar-refractivity contribution in [2.75, 3.05) is 13.2 Å². The first-order valence-corrected chi connectivity index (χ1v) is 13.5. The van der Waals surface area contributed by atoms with Crippen molar-refractivity contribution in [2.24, 2.45) is 0 Å². The average Bonchev–Trinajstić information content (AvgIpc) is 3.33. The number of carbonyl (C=O) groups is 1. The highest BCUT2D eigenvalue weighted by molar-refractivity contribution is 5.81. The maximum Gasteiger partial charge on any atom is 0.337 e. The van der Waals surface area contributed by atoms with Crippen molar-refractivity contribution in [3.05, 3.63) is 64.8 Å². The second kappa shape index (κ2) is 9.68. The van der Waals surface area contributed by atoms with Crippen molar-refractivity contribution in [1.29, 1.82) is 0 Å². The van der Waals surface area contributed by atoms with Crippen molar-refractivity contribution in [3.8, 4) is 34.0 Å². The summed E-state index contributed by atoms with van der Waals surface area (Å²) in [4.78, 5) is 17.5. The second-order valence-electron chi connectivity index (χ2n) is 11.3. The van der Waals surface area contributed by atoms with Crippen molar-refractivity contribution in [1.82, 2.24) is 14.6 Å². The van der Waals surface area contributed by atoms with Crippen LogP contribution in [0.3, 0.4) is 0 Å². The van der Waals surface area contributed by atoms with E-state index in [4.69, 9.17) is 24.3 Å². The van der Waals surface area contributed by atoms with Crippen LogP contribution in [0.25, 0.3) is 28.2 Å². The molecule has 39 heavy (non-hydrogen) atoms. The number of rotatable bonds is 5. The van der Waals surface area contributed by atoms with Crippen LogP contribution in [0, 0.1) is 6.92 Å². The van der Waals surface area contributed by atoms with Gasteiger partial charge in [0.1, 0.15) is 11.5 Å². The number of aryl methyl sites for hydroxylation is 3. The van der Waals surface area contributed by atoms with E-state index in [1.807, 2.05) is 58.0 Å². The third kappa shape index (κ3) is 4.85. The van der Waals surface area contributed by atoms with Gasteiger partial charge in [-0.15, -0.1) is 0 Å². The third-order valence-corrected chi connectivity index (χ3v) is 7.17. The van der Waals surface area contributed by atoms with Crippen LogP contribution < -0.4 is 9.47 Å². The summed E-state index contributed by atoms with van der Waals surface area (Å²) in [6, 6.07) is 14.1. The zero-order valence-electron chi connectivity index (χ0n) is 22.8. The zero-order valence-corrected chi connectivity index (χ0v) is 22.8. The van der Waals surface area contributed by atoms with Crippen LogP contribution in [-0.4, -0.2) is 44.5 Å². The van der Waals surface area contributed by atoms with Crippen LogP contribution in [-0.2, 0) is 22.4 Å². The average molecular weight is 528 g/mol. The fourth-order valence-corrected chi connectivity index (χ4v) is 5.48. The molecular formula is C31H33N3O5. The number of nitrogens with zero attached hydrogens (tertiary/aromatic N) is 3. The first-order valence-electron chi connectivity index (χ1n) is 13.5. The fraction of sp³-hybridized carbons (Fsp3) is 0.387. The van der Waals surface area contributed by atoms with Crippen LogP contribution in [0.4, 0.5) is 0 Å². The minimum Gasteiger partial charge on any atom is -0.493 e. The van der Waals surface area contributed by atoms with Crippen LogP contribution in [0.2, 0.25) is 0 Å². The van der Waals surface area contributed by atoms with Crippen LogP contribution >= 0.6 is 0 Å². The molecule has 0 spiro atoms. The summed E-state index contributed by atoms with van der Waals surface area (Å²) in [5.74, 6) is 0.719. The Bertz CT molecular complexity index is 1580. The standard InChI is InChI=1S/C31H33N3O5/c1-18-27(29(30(35)36)39-31(2,3)4)28(22-10-12-25-21(16-22)8-6-14-38-25)34-26(32-18)17-23(33-34)19-9-11-24-20(15-19)7-5-13-37-24/h9-12,15-17,29H,5-8,13-14H2,1-4H3,(H,35,36). The number of carboxylic acids is 1. The molecule has 0 amide bonds. The first kappa shape index (κ1) is 25.4. The van der Waals surface area contributed by atoms with Gasteiger partial charge in [-0.25, -0.2) is 14.3 Å². The minimum absolute atomic E-state index is 0.495. The molecule has 4 heterocycles. The van der Waals surface area contributed by atoms with Gasteiger partial charge in [0.25, 0.3) is 0 Å². The molecule has 1 N–H and O–H groups in total. The summed E-state index contributed by atoms with van der Waals surface area (Å²) in [5.41, 5.74) is 6.54. The van der Waals surface area contributed by atoms with Gasteiger partial charge in [-0.3, -0.25) is 0 Å². The molecule has 2 aliphatic heterocycles. The van der Waals surface area contributed by atoms with Gasteiger partial charge in [-0.1, -0.05) is 0 Å². The van der Waals surface area contributed by atoms with Crippen LogP contribution in [0.1, 0.15) is 62.1 Å². The van der Waals surface area contributed by atoms with Crippen LogP contribution in [0.5, 0.6) is 11.5 Å². The number of ether oxygens (including phenoxy) is 3. The molecule has 202 valence electrons. The van der Waals surface area contributed by atoms with E-state index in [0.29, 0.717) is 29.2 Å². The Morgan fingerprint density at radius 3 is 2.21 bits per heavy atom. The lowest BCUT2D eigenvalue weighted by Gasteiger charge is -2.28. The SMILES string of the molecule is Cc1nc2cc(-c3ccc4c(c3)CCCO4)nn2c(-c2ccc3c(c2)CCCO3)c1C(OC(C)(C)C)C(=O)O. The topological polar surface area (TPSA) is 95.2 Å². The molecule has 2 aliphatic rings. The molecule has 2 aromatic carbocycles. The van der Waals surface area contributed by atoms with E-state index in [9.17, 15) is 9.90 Å². The molecule has 0 saturated heterocycles. The number of hydrogen-bond donors (Lipinski definition) is 1. The number of hydrogen-bond acceptors (Lipinski definition) is 6. The summed E-state index contributed by atoms with van der Waals surface area (Å²) in [5, 5.41) is 15.3. The zero-order chi connectivity index (χ0) is 27.3. The van der Waals surface area contributed by atoms with E-state index < -0.39 is 17.7 Å². The predicted molar refractivity (Wildman–Crippen MR) is 147 cm³/mol. The lowest BCUT2D eigenvalue weighted by Crippen LogP contribution is -2.29. The van der Waals surface area contributed by atoms with Crippen molar-refractivity contribution >= 4 is 11.6 Å². The molecular weight excluding hydrogens is 494 g/mol. The summed E-state index contributed by atoms with van der Waals surface area (Å²) in [6.45, 7) is 8.84. The van der Waals surface area contributed by atoms with E-state index in [1.165, 1.54) is 5.56 Å². The van der Waals surface area contributed by atoms with Crippen LogP contribution in [0.15, 0.2) is 42.5 Å². The first-order chi connectivity index (χ1) is 18.7. The van der Waals surface area contributed by atoms with E-state index in [0.717, 1.165) is 66.2 Å². The molecule has 8 nitrogen and oxygen atoms in total. The third-order valence-electron chi connectivity index (χ3n) is 7.17.